The van der Waals surface area contributed by atoms with Gasteiger partial charge in [0.15, 0.2) is 18.7 Å². The van der Waals surface area contributed by atoms with Crippen LogP contribution in [0.15, 0.2) is 12.1 Å². The first-order chi connectivity index (χ1) is 14.3. The van der Waals surface area contributed by atoms with E-state index in [1.54, 1.807) is 27.2 Å². The van der Waals surface area contributed by atoms with Crippen molar-refractivity contribution in [1.29, 1.82) is 0 Å². The Labute approximate surface area is 175 Å². The van der Waals surface area contributed by atoms with Gasteiger partial charge in [0.05, 0.1) is 32.5 Å². The summed E-state index contributed by atoms with van der Waals surface area (Å²) in [5.74, 6) is 0.394. The molecule has 0 saturated carbocycles. The molecule has 9 heteroatoms. The minimum atomic E-state index is -0.751. The highest BCUT2D eigenvalue weighted by Crippen LogP contribution is 2.41. The van der Waals surface area contributed by atoms with Gasteiger partial charge in [-0.1, -0.05) is 0 Å². The van der Waals surface area contributed by atoms with Gasteiger partial charge in [-0.3, -0.25) is 9.59 Å². The van der Waals surface area contributed by atoms with Crippen LogP contribution in [0, 0.1) is 0 Å². The van der Waals surface area contributed by atoms with Crippen molar-refractivity contribution in [1.82, 2.24) is 0 Å². The molecule has 1 fully saturated rings. The minimum absolute atomic E-state index is 0.184. The number of esters is 2. The summed E-state index contributed by atoms with van der Waals surface area (Å²) in [5.41, 5.74) is 1.69. The van der Waals surface area contributed by atoms with Gasteiger partial charge in [-0.25, -0.2) is 0 Å². The summed E-state index contributed by atoms with van der Waals surface area (Å²) in [4.78, 5) is 23.0. The molecule has 1 aromatic rings. The van der Waals surface area contributed by atoms with E-state index in [1.807, 2.05) is 6.07 Å². The van der Waals surface area contributed by atoms with Crippen molar-refractivity contribution in [2.24, 2.45) is 0 Å². The average Bonchev–Trinajstić information content (AvgIpc) is 2.69. The van der Waals surface area contributed by atoms with Crippen molar-refractivity contribution in [2.45, 2.75) is 64.5 Å². The van der Waals surface area contributed by atoms with Crippen molar-refractivity contribution in [2.75, 3.05) is 20.8 Å². The molecule has 2 heterocycles. The zero-order chi connectivity index (χ0) is 21.8. The highest BCUT2D eigenvalue weighted by atomic mass is 16.8. The quantitative estimate of drug-likeness (QED) is 0.637. The van der Waals surface area contributed by atoms with Gasteiger partial charge in [-0.05, 0) is 19.1 Å². The zero-order valence-electron chi connectivity index (χ0n) is 17.8. The highest BCUT2D eigenvalue weighted by Gasteiger charge is 2.43. The SMILES string of the molecule is COc1ccc(OC)c2c1CCO[C@H]2O[C@H]1C[C@H](OC(C)=O)[C@H](OC(C)=O)[C@H](C)O1. The number of hydrogen-bond acceptors (Lipinski definition) is 9. The molecule has 0 aliphatic carbocycles. The molecule has 0 radical (unpaired) electrons. The summed E-state index contributed by atoms with van der Waals surface area (Å²) in [7, 11) is 3.19. The Bertz CT molecular complexity index is 778. The molecular weight excluding hydrogens is 396 g/mol. The van der Waals surface area contributed by atoms with Crippen molar-refractivity contribution in [3.63, 3.8) is 0 Å². The van der Waals surface area contributed by atoms with Gasteiger partial charge < -0.3 is 33.2 Å². The molecular formula is C21H28O9. The molecule has 9 nitrogen and oxygen atoms in total. The second-order valence-electron chi connectivity index (χ2n) is 7.18. The second kappa shape index (κ2) is 9.63. The van der Waals surface area contributed by atoms with Crippen LogP contribution in [0.4, 0.5) is 0 Å². The fraction of sp³-hybridized carbons (Fsp3) is 0.619. The Hall–Kier alpha value is -2.36. The van der Waals surface area contributed by atoms with Crippen LogP contribution in [0.1, 0.15) is 44.6 Å². The summed E-state index contributed by atoms with van der Waals surface area (Å²) in [6.07, 6.45) is -2.63. The molecule has 1 saturated heterocycles. The second-order valence-corrected chi connectivity index (χ2v) is 7.18. The average molecular weight is 424 g/mol. The van der Waals surface area contributed by atoms with Crippen molar-refractivity contribution in [3.05, 3.63) is 23.3 Å². The van der Waals surface area contributed by atoms with E-state index in [0.29, 0.717) is 18.8 Å². The number of benzene rings is 1. The molecule has 2 aliphatic rings. The van der Waals surface area contributed by atoms with E-state index in [-0.39, 0.29) is 6.42 Å². The lowest BCUT2D eigenvalue weighted by molar-refractivity contribution is -0.304. The topological polar surface area (TPSA) is 98.8 Å². The maximum absolute atomic E-state index is 11.6. The predicted octanol–water partition coefficient (Wildman–Crippen LogP) is 2.29. The van der Waals surface area contributed by atoms with Crippen molar-refractivity contribution < 1.29 is 42.7 Å². The summed E-state index contributed by atoms with van der Waals surface area (Å²) in [6.45, 7) is 4.77. The number of ether oxygens (including phenoxy) is 7. The first kappa shape index (κ1) is 22.3. The first-order valence-electron chi connectivity index (χ1n) is 9.84. The van der Waals surface area contributed by atoms with E-state index in [2.05, 4.69) is 0 Å². The summed E-state index contributed by atoms with van der Waals surface area (Å²) in [6, 6.07) is 3.64. The van der Waals surface area contributed by atoms with Crippen LogP contribution in [0.5, 0.6) is 11.5 Å². The summed E-state index contributed by atoms with van der Waals surface area (Å²) < 4.78 is 39.6. The molecule has 166 valence electrons. The molecule has 1 aromatic carbocycles. The van der Waals surface area contributed by atoms with Gasteiger partial charge in [-0.15, -0.1) is 0 Å². The number of methoxy groups -OCH3 is 2. The molecule has 0 spiro atoms. The lowest BCUT2D eigenvalue weighted by Crippen LogP contribution is -2.51. The highest BCUT2D eigenvalue weighted by molar-refractivity contribution is 5.67. The Balaban J connectivity index is 1.82. The fourth-order valence-corrected chi connectivity index (χ4v) is 3.88. The van der Waals surface area contributed by atoms with Crippen molar-refractivity contribution in [3.8, 4) is 11.5 Å². The monoisotopic (exact) mass is 424 g/mol. The van der Waals surface area contributed by atoms with Gasteiger partial charge in [0.25, 0.3) is 0 Å². The van der Waals surface area contributed by atoms with Crippen LogP contribution in [-0.4, -0.2) is 57.4 Å². The third kappa shape index (κ3) is 4.85. The molecule has 0 N–H and O–H groups in total. The lowest BCUT2D eigenvalue weighted by Gasteiger charge is -2.40. The molecule has 5 atom stereocenters. The van der Waals surface area contributed by atoms with Crippen molar-refractivity contribution >= 4 is 11.9 Å². The Morgan fingerprint density at radius 3 is 2.33 bits per heavy atom. The standard InChI is InChI=1S/C21H28O9/c1-11-20(29-13(3)23)17(28-12(2)22)10-18(27-11)30-21-19-14(8-9-26-21)15(24-4)6-7-16(19)25-5/h6-7,11,17-18,20-21H,8-10H2,1-5H3/t11-,17-,18-,20+,21-/m0/s1. The van der Waals surface area contributed by atoms with Crippen LogP contribution in [0.3, 0.4) is 0 Å². The molecule has 30 heavy (non-hydrogen) atoms. The molecule has 0 unspecified atom stereocenters. The third-order valence-electron chi connectivity index (χ3n) is 5.09. The fourth-order valence-electron chi connectivity index (χ4n) is 3.88. The van der Waals surface area contributed by atoms with Crippen LogP contribution in [0.2, 0.25) is 0 Å². The first-order valence-corrected chi connectivity index (χ1v) is 9.84. The van der Waals surface area contributed by atoms with Gasteiger partial charge in [0.2, 0.25) is 0 Å². The lowest BCUT2D eigenvalue weighted by atomic mass is 9.99. The predicted molar refractivity (Wildman–Crippen MR) is 103 cm³/mol. The number of carbonyl (C=O) groups excluding carboxylic acids is 2. The van der Waals surface area contributed by atoms with Gasteiger partial charge >= 0.3 is 11.9 Å². The molecule has 0 aromatic heterocycles. The van der Waals surface area contributed by atoms with E-state index in [1.165, 1.54) is 13.8 Å². The van der Waals surface area contributed by atoms with Gasteiger partial charge in [0, 0.05) is 32.3 Å². The Morgan fingerprint density at radius 2 is 1.70 bits per heavy atom. The maximum atomic E-state index is 11.6. The normalized spacial score (nSPS) is 28.2. The minimum Gasteiger partial charge on any atom is -0.496 e. The van der Waals surface area contributed by atoms with E-state index < -0.39 is 42.8 Å². The maximum Gasteiger partial charge on any atom is 0.303 e. The Kier molecular flexibility index (Phi) is 7.17. The van der Waals surface area contributed by atoms with Crippen LogP contribution < -0.4 is 9.47 Å². The van der Waals surface area contributed by atoms with E-state index in [0.717, 1.165) is 16.9 Å². The van der Waals surface area contributed by atoms with Crippen LogP contribution in [0.25, 0.3) is 0 Å². The smallest absolute Gasteiger partial charge is 0.303 e. The molecule has 3 rings (SSSR count). The number of carbonyl (C=O) groups is 2. The van der Waals surface area contributed by atoms with Crippen LogP contribution in [-0.2, 0) is 39.7 Å². The third-order valence-corrected chi connectivity index (χ3v) is 5.09. The molecule has 0 amide bonds. The zero-order valence-corrected chi connectivity index (χ0v) is 17.8. The van der Waals surface area contributed by atoms with E-state index >= 15 is 0 Å². The molecule has 2 aliphatic heterocycles. The summed E-state index contributed by atoms with van der Waals surface area (Å²) in [5, 5.41) is 0. The molecule has 0 bridgehead atoms. The largest absolute Gasteiger partial charge is 0.496 e. The number of fused-ring (bicyclic) bond motifs is 1. The Morgan fingerprint density at radius 1 is 1.03 bits per heavy atom. The van der Waals surface area contributed by atoms with Gasteiger partial charge in [0.1, 0.15) is 17.6 Å². The van der Waals surface area contributed by atoms with E-state index in [9.17, 15) is 9.59 Å². The van der Waals surface area contributed by atoms with Gasteiger partial charge in [-0.2, -0.15) is 0 Å². The number of hydrogen-bond donors (Lipinski definition) is 0. The summed E-state index contributed by atoms with van der Waals surface area (Å²) >= 11 is 0. The van der Waals surface area contributed by atoms with E-state index in [4.69, 9.17) is 33.2 Å². The van der Waals surface area contributed by atoms with Crippen LogP contribution >= 0.6 is 0 Å². The number of rotatable bonds is 6.